The quantitative estimate of drug-likeness (QED) is 0.781. The molecular formula is C9H11BrClNO. The van der Waals surface area contributed by atoms with Crippen LogP contribution < -0.4 is 4.74 Å². The third-order valence-corrected chi connectivity index (χ3v) is 2.41. The zero-order chi connectivity index (χ0) is 9.84. The molecule has 72 valence electrons. The molecule has 0 aliphatic rings. The van der Waals surface area contributed by atoms with Crippen LogP contribution in [0.5, 0.6) is 5.88 Å². The molecule has 0 unspecified atom stereocenters. The van der Waals surface area contributed by atoms with Crippen molar-refractivity contribution in [1.82, 2.24) is 4.98 Å². The molecule has 0 aliphatic carbocycles. The third kappa shape index (κ3) is 3.16. The van der Waals surface area contributed by atoms with E-state index in [0.29, 0.717) is 11.8 Å². The summed E-state index contributed by atoms with van der Waals surface area (Å²) in [6.07, 6.45) is 1.84. The Morgan fingerprint density at radius 1 is 1.62 bits per heavy atom. The fraction of sp³-hybridized carbons (Fsp3) is 0.444. The van der Waals surface area contributed by atoms with E-state index < -0.39 is 0 Å². The van der Waals surface area contributed by atoms with Gasteiger partial charge in [-0.2, -0.15) is 0 Å². The lowest BCUT2D eigenvalue weighted by atomic mass is 10.3. The zero-order valence-corrected chi connectivity index (χ0v) is 9.89. The van der Waals surface area contributed by atoms with Gasteiger partial charge >= 0.3 is 0 Å². The van der Waals surface area contributed by atoms with E-state index >= 15 is 0 Å². The second-order valence-corrected chi connectivity index (χ2v) is 4.04. The molecule has 0 amide bonds. The molecule has 13 heavy (non-hydrogen) atoms. The number of pyridine rings is 1. The van der Waals surface area contributed by atoms with Crippen LogP contribution in [0.25, 0.3) is 0 Å². The molecule has 1 aromatic rings. The van der Waals surface area contributed by atoms with E-state index in [1.807, 2.05) is 19.9 Å². The van der Waals surface area contributed by atoms with Crippen molar-refractivity contribution in [2.24, 2.45) is 0 Å². The lowest BCUT2D eigenvalue weighted by Crippen LogP contribution is -2.07. The van der Waals surface area contributed by atoms with E-state index in [1.54, 1.807) is 6.20 Å². The number of nitrogens with zero attached hydrogens (tertiary/aromatic N) is 1. The van der Waals surface area contributed by atoms with E-state index in [-0.39, 0.29) is 6.10 Å². The Hall–Kier alpha value is -0.280. The molecule has 0 aromatic carbocycles. The summed E-state index contributed by atoms with van der Waals surface area (Å²) < 4.78 is 6.34. The number of hydrogen-bond acceptors (Lipinski definition) is 2. The molecule has 0 bridgehead atoms. The zero-order valence-electron chi connectivity index (χ0n) is 7.55. The molecule has 0 radical (unpaired) electrons. The molecule has 0 N–H and O–H groups in total. The van der Waals surface area contributed by atoms with Gasteiger partial charge in [-0.05, 0) is 35.3 Å². The number of aromatic nitrogens is 1. The van der Waals surface area contributed by atoms with Gasteiger partial charge in [-0.3, -0.25) is 0 Å². The molecule has 0 spiro atoms. The van der Waals surface area contributed by atoms with Crippen molar-refractivity contribution < 1.29 is 4.74 Å². The molecule has 0 saturated heterocycles. The Balaban J connectivity index is 2.86. The second kappa shape index (κ2) is 4.82. The summed E-state index contributed by atoms with van der Waals surface area (Å²) >= 11 is 9.08. The van der Waals surface area contributed by atoms with Crippen molar-refractivity contribution in [3.8, 4) is 5.88 Å². The van der Waals surface area contributed by atoms with Crippen LogP contribution in [0.3, 0.4) is 0 Å². The average molecular weight is 265 g/mol. The number of alkyl halides is 1. The van der Waals surface area contributed by atoms with E-state index in [1.165, 1.54) is 0 Å². The Kier molecular flexibility index (Phi) is 4.00. The molecule has 0 fully saturated rings. The largest absolute Gasteiger partial charge is 0.475 e. The standard InChI is InChI=1S/C9H11BrClNO/c1-6(2)13-9-3-7(4-11)8(10)5-12-9/h3,5-6H,4H2,1-2H3. The maximum absolute atomic E-state index is 5.73. The molecule has 4 heteroatoms. The molecule has 1 rings (SSSR count). The first-order valence-electron chi connectivity index (χ1n) is 4.00. The molecule has 1 heterocycles. The summed E-state index contributed by atoms with van der Waals surface area (Å²) in [5.41, 5.74) is 0.993. The fourth-order valence-electron chi connectivity index (χ4n) is 0.867. The SMILES string of the molecule is CC(C)Oc1cc(CCl)c(Br)cn1. The first-order chi connectivity index (χ1) is 6.13. The third-order valence-electron chi connectivity index (χ3n) is 1.41. The number of halogens is 2. The molecule has 0 atom stereocenters. The minimum Gasteiger partial charge on any atom is -0.475 e. The van der Waals surface area contributed by atoms with Gasteiger partial charge in [0.25, 0.3) is 0 Å². The second-order valence-electron chi connectivity index (χ2n) is 2.91. The van der Waals surface area contributed by atoms with E-state index in [2.05, 4.69) is 20.9 Å². The first kappa shape index (κ1) is 10.8. The Bertz CT molecular complexity index is 291. The van der Waals surface area contributed by atoms with Gasteiger partial charge in [-0.15, -0.1) is 11.6 Å². The van der Waals surface area contributed by atoms with Crippen LogP contribution in [-0.4, -0.2) is 11.1 Å². The van der Waals surface area contributed by atoms with Crippen molar-refractivity contribution in [3.63, 3.8) is 0 Å². The molecule has 0 aliphatic heterocycles. The average Bonchev–Trinajstić information content (AvgIpc) is 2.07. The van der Waals surface area contributed by atoms with Crippen LogP contribution in [-0.2, 0) is 5.88 Å². The maximum Gasteiger partial charge on any atom is 0.213 e. The van der Waals surface area contributed by atoms with Crippen molar-refractivity contribution in [1.29, 1.82) is 0 Å². The van der Waals surface area contributed by atoms with Gasteiger partial charge in [0.1, 0.15) is 0 Å². The van der Waals surface area contributed by atoms with Gasteiger partial charge in [-0.1, -0.05) is 0 Å². The van der Waals surface area contributed by atoms with Crippen LogP contribution in [0.2, 0.25) is 0 Å². The van der Waals surface area contributed by atoms with Crippen molar-refractivity contribution in [3.05, 3.63) is 22.3 Å². The van der Waals surface area contributed by atoms with E-state index in [0.717, 1.165) is 10.0 Å². The van der Waals surface area contributed by atoms with Crippen molar-refractivity contribution in [2.45, 2.75) is 25.8 Å². The highest BCUT2D eigenvalue weighted by molar-refractivity contribution is 9.10. The Morgan fingerprint density at radius 2 is 2.31 bits per heavy atom. The topological polar surface area (TPSA) is 22.1 Å². The van der Waals surface area contributed by atoms with Crippen LogP contribution >= 0.6 is 27.5 Å². The van der Waals surface area contributed by atoms with Gasteiger partial charge < -0.3 is 4.74 Å². The monoisotopic (exact) mass is 263 g/mol. The van der Waals surface area contributed by atoms with Gasteiger partial charge in [0.05, 0.1) is 6.10 Å². The lowest BCUT2D eigenvalue weighted by Gasteiger charge is -2.09. The maximum atomic E-state index is 5.73. The van der Waals surface area contributed by atoms with Gasteiger partial charge in [0.15, 0.2) is 0 Å². The lowest BCUT2D eigenvalue weighted by molar-refractivity contribution is 0.232. The van der Waals surface area contributed by atoms with Gasteiger partial charge in [0.2, 0.25) is 5.88 Å². The predicted octanol–water partition coefficient (Wildman–Crippen LogP) is 3.37. The fourth-order valence-corrected chi connectivity index (χ4v) is 1.61. The van der Waals surface area contributed by atoms with E-state index in [4.69, 9.17) is 16.3 Å². The molecule has 0 saturated carbocycles. The summed E-state index contributed by atoms with van der Waals surface area (Å²) in [5.74, 6) is 1.08. The predicted molar refractivity (Wildman–Crippen MR) is 57.3 cm³/mol. The summed E-state index contributed by atoms with van der Waals surface area (Å²) in [4.78, 5) is 4.10. The Labute approximate surface area is 91.4 Å². The smallest absolute Gasteiger partial charge is 0.213 e. The Morgan fingerprint density at radius 3 is 2.85 bits per heavy atom. The number of rotatable bonds is 3. The van der Waals surface area contributed by atoms with Gasteiger partial charge in [-0.25, -0.2) is 4.98 Å². The highest BCUT2D eigenvalue weighted by Crippen LogP contribution is 2.21. The highest BCUT2D eigenvalue weighted by Gasteiger charge is 2.03. The first-order valence-corrected chi connectivity index (χ1v) is 5.33. The van der Waals surface area contributed by atoms with Crippen molar-refractivity contribution >= 4 is 27.5 Å². The minimum absolute atomic E-state index is 0.136. The van der Waals surface area contributed by atoms with Crippen LogP contribution in [0, 0.1) is 0 Å². The van der Waals surface area contributed by atoms with Crippen LogP contribution in [0.1, 0.15) is 19.4 Å². The molecular weight excluding hydrogens is 253 g/mol. The van der Waals surface area contributed by atoms with Crippen molar-refractivity contribution in [2.75, 3.05) is 0 Å². The molecule has 1 aromatic heterocycles. The summed E-state index contributed by atoms with van der Waals surface area (Å²) in [7, 11) is 0. The normalized spacial score (nSPS) is 10.5. The number of hydrogen-bond donors (Lipinski definition) is 0. The van der Waals surface area contributed by atoms with Crippen LogP contribution in [0.15, 0.2) is 16.7 Å². The summed E-state index contributed by atoms with van der Waals surface area (Å²) in [5, 5.41) is 0. The minimum atomic E-state index is 0.136. The molecule has 2 nitrogen and oxygen atoms in total. The highest BCUT2D eigenvalue weighted by atomic mass is 79.9. The van der Waals surface area contributed by atoms with Crippen LogP contribution in [0.4, 0.5) is 0 Å². The van der Waals surface area contributed by atoms with E-state index in [9.17, 15) is 0 Å². The number of ether oxygens (including phenoxy) is 1. The van der Waals surface area contributed by atoms with Gasteiger partial charge in [0, 0.05) is 22.6 Å². The summed E-state index contributed by atoms with van der Waals surface area (Å²) in [6.45, 7) is 3.92. The summed E-state index contributed by atoms with van der Waals surface area (Å²) in [6, 6.07) is 1.84.